The fraction of sp³-hybridized carbons (Fsp3) is 0.222. The SMILES string of the molecule is CN(C)Cc1cc(NC(=O)c2ccc(COc3ccc(Cl)cc3)o2)n[nH]1. The zero-order valence-electron chi connectivity index (χ0n) is 14.5. The van der Waals surface area contributed by atoms with Crippen molar-refractivity contribution in [3.63, 3.8) is 0 Å². The van der Waals surface area contributed by atoms with Gasteiger partial charge in [-0.25, -0.2) is 0 Å². The van der Waals surface area contributed by atoms with Crippen molar-refractivity contribution in [3.05, 3.63) is 64.7 Å². The zero-order chi connectivity index (χ0) is 18.5. The molecule has 0 bridgehead atoms. The number of aromatic nitrogens is 2. The van der Waals surface area contributed by atoms with Crippen LogP contribution in [0.5, 0.6) is 5.75 Å². The number of hydrogen-bond acceptors (Lipinski definition) is 5. The number of aromatic amines is 1. The molecule has 8 heteroatoms. The van der Waals surface area contributed by atoms with Crippen LogP contribution in [0.4, 0.5) is 5.82 Å². The summed E-state index contributed by atoms with van der Waals surface area (Å²) in [5, 5.41) is 10.3. The Bertz CT molecular complexity index is 871. The summed E-state index contributed by atoms with van der Waals surface area (Å²) < 4.78 is 11.1. The molecule has 0 aliphatic carbocycles. The third kappa shape index (κ3) is 4.87. The molecule has 7 nitrogen and oxygen atoms in total. The molecule has 0 spiro atoms. The number of anilines is 1. The van der Waals surface area contributed by atoms with Gasteiger partial charge in [0.25, 0.3) is 5.91 Å². The van der Waals surface area contributed by atoms with Gasteiger partial charge in [0.2, 0.25) is 0 Å². The zero-order valence-corrected chi connectivity index (χ0v) is 15.2. The fourth-order valence-corrected chi connectivity index (χ4v) is 2.41. The third-order valence-corrected chi connectivity index (χ3v) is 3.69. The topological polar surface area (TPSA) is 83.4 Å². The quantitative estimate of drug-likeness (QED) is 0.660. The van der Waals surface area contributed by atoms with E-state index in [4.69, 9.17) is 20.8 Å². The highest BCUT2D eigenvalue weighted by Crippen LogP contribution is 2.18. The molecule has 136 valence electrons. The van der Waals surface area contributed by atoms with Crippen LogP contribution in [-0.4, -0.2) is 35.1 Å². The second kappa shape index (κ2) is 8.07. The third-order valence-electron chi connectivity index (χ3n) is 3.44. The number of nitrogens with zero attached hydrogens (tertiary/aromatic N) is 2. The number of hydrogen-bond donors (Lipinski definition) is 2. The number of rotatable bonds is 7. The molecule has 0 saturated heterocycles. The maximum absolute atomic E-state index is 12.2. The van der Waals surface area contributed by atoms with E-state index in [1.807, 2.05) is 19.0 Å². The smallest absolute Gasteiger partial charge is 0.292 e. The van der Waals surface area contributed by atoms with Gasteiger partial charge >= 0.3 is 0 Å². The lowest BCUT2D eigenvalue weighted by Crippen LogP contribution is -2.11. The van der Waals surface area contributed by atoms with Crippen LogP contribution < -0.4 is 10.1 Å². The highest BCUT2D eigenvalue weighted by molar-refractivity contribution is 6.30. The van der Waals surface area contributed by atoms with Crippen LogP contribution in [0.25, 0.3) is 0 Å². The molecule has 2 heterocycles. The summed E-state index contributed by atoms with van der Waals surface area (Å²) in [6, 6.07) is 12.1. The first-order chi connectivity index (χ1) is 12.5. The minimum atomic E-state index is -0.370. The van der Waals surface area contributed by atoms with Crippen LogP contribution in [0.3, 0.4) is 0 Å². The minimum Gasteiger partial charge on any atom is -0.486 e. The van der Waals surface area contributed by atoms with E-state index in [1.54, 1.807) is 42.5 Å². The summed E-state index contributed by atoms with van der Waals surface area (Å²) in [6.07, 6.45) is 0. The van der Waals surface area contributed by atoms with E-state index in [-0.39, 0.29) is 18.3 Å². The monoisotopic (exact) mass is 374 g/mol. The molecule has 3 rings (SSSR count). The van der Waals surface area contributed by atoms with Crippen molar-refractivity contribution in [2.24, 2.45) is 0 Å². The van der Waals surface area contributed by atoms with Gasteiger partial charge in [0, 0.05) is 17.6 Å². The number of H-pyrrole nitrogens is 1. The molecule has 0 atom stereocenters. The summed E-state index contributed by atoms with van der Waals surface area (Å²) >= 11 is 5.83. The summed E-state index contributed by atoms with van der Waals surface area (Å²) in [6.45, 7) is 0.917. The molecule has 1 aromatic carbocycles. The number of nitrogens with one attached hydrogen (secondary N) is 2. The van der Waals surface area contributed by atoms with E-state index in [1.165, 1.54) is 0 Å². The summed E-state index contributed by atoms with van der Waals surface area (Å²) in [5.41, 5.74) is 0.904. The predicted molar refractivity (Wildman–Crippen MR) is 98.4 cm³/mol. The van der Waals surface area contributed by atoms with Gasteiger partial charge in [-0.2, -0.15) is 5.10 Å². The molecule has 0 fully saturated rings. The predicted octanol–water partition coefficient (Wildman–Crippen LogP) is 3.55. The van der Waals surface area contributed by atoms with Gasteiger partial charge in [0.1, 0.15) is 18.1 Å². The molecular weight excluding hydrogens is 356 g/mol. The number of carbonyl (C=O) groups excluding carboxylic acids is 1. The second-order valence-electron chi connectivity index (χ2n) is 5.98. The minimum absolute atomic E-state index is 0.192. The Hall–Kier alpha value is -2.77. The van der Waals surface area contributed by atoms with Crippen molar-refractivity contribution in [1.82, 2.24) is 15.1 Å². The van der Waals surface area contributed by atoms with Gasteiger partial charge in [0.05, 0.1) is 5.69 Å². The van der Waals surface area contributed by atoms with E-state index >= 15 is 0 Å². The largest absolute Gasteiger partial charge is 0.486 e. The first kappa shape index (κ1) is 18.0. The van der Waals surface area contributed by atoms with Crippen LogP contribution in [0, 0.1) is 0 Å². The van der Waals surface area contributed by atoms with Gasteiger partial charge in [-0.15, -0.1) is 0 Å². The first-order valence-electron chi connectivity index (χ1n) is 7.97. The molecule has 0 saturated carbocycles. The molecule has 0 aliphatic rings. The van der Waals surface area contributed by atoms with Crippen molar-refractivity contribution >= 4 is 23.3 Å². The average molecular weight is 375 g/mol. The molecule has 2 aromatic heterocycles. The number of benzene rings is 1. The van der Waals surface area contributed by atoms with E-state index in [2.05, 4.69) is 15.5 Å². The fourth-order valence-electron chi connectivity index (χ4n) is 2.29. The van der Waals surface area contributed by atoms with Crippen LogP contribution in [0.1, 0.15) is 22.0 Å². The van der Waals surface area contributed by atoms with Gasteiger partial charge in [-0.1, -0.05) is 11.6 Å². The second-order valence-corrected chi connectivity index (χ2v) is 6.42. The van der Waals surface area contributed by atoms with E-state index < -0.39 is 0 Å². The van der Waals surface area contributed by atoms with Crippen LogP contribution >= 0.6 is 11.6 Å². The van der Waals surface area contributed by atoms with Crippen molar-refractivity contribution in [2.45, 2.75) is 13.2 Å². The molecule has 1 amide bonds. The van der Waals surface area contributed by atoms with Crippen molar-refractivity contribution in [1.29, 1.82) is 0 Å². The summed E-state index contributed by atoms with van der Waals surface area (Å²) in [5.74, 6) is 1.48. The Morgan fingerprint density at radius 1 is 1.27 bits per heavy atom. The Morgan fingerprint density at radius 3 is 2.77 bits per heavy atom. The highest BCUT2D eigenvalue weighted by Gasteiger charge is 2.13. The molecular formula is C18H19ClN4O3. The van der Waals surface area contributed by atoms with E-state index in [9.17, 15) is 4.79 Å². The van der Waals surface area contributed by atoms with Crippen LogP contribution in [-0.2, 0) is 13.2 Å². The molecule has 26 heavy (non-hydrogen) atoms. The Morgan fingerprint density at radius 2 is 2.04 bits per heavy atom. The number of ether oxygens (including phenoxy) is 1. The number of carbonyl (C=O) groups is 1. The van der Waals surface area contributed by atoms with Crippen molar-refractivity contribution in [3.8, 4) is 5.75 Å². The van der Waals surface area contributed by atoms with Crippen LogP contribution in [0.15, 0.2) is 46.9 Å². The van der Waals surface area contributed by atoms with Crippen molar-refractivity contribution in [2.75, 3.05) is 19.4 Å². The molecule has 0 unspecified atom stereocenters. The summed E-state index contributed by atoms with van der Waals surface area (Å²) in [7, 11) is 3.91. The molecule has 0 aliphatic heterocycles. The average Bonchev–Trinajstić information content (AvgIpc) is 3.23. The number of halogens is 1. The maximum Gasteiger partial charge on any atom is 0.292 e. The number of furan rings is 1. The maximum atomic E-state index is 12.2. The normalized spacial score (nSPS) is 10.9. The molecule has 3 aromatic rings. The Labute approximate surface area is 155 Å². The van der Waals surface area contributed by atoms with Crippen LogP contribution in [0.2, 0.25) is 5.02 Å². The van der Waals surface area contributed by atoms with Gasteiger partial charge in [0.15, 0.2) is 11.6 Å². The molecule has 2 N–H and O–H groups in total. The standard InChI is InChI=1S/C18H19ClN4O3/c1-23(2)10-13-9-17(22-21-13)20-18(24)16-8-7-15(26-16)11-25-14-5-3-12(19)4-6-14/h3-9H,10-11H2,1-2H3,(H2,20,21,22,24). The molecule has 0 radical (unpaired) electrons. The lowest BCUT2D eigenvalue weighted by atomic mass is 10.3. The Kier molecular flexibility index (Phi) is 5.60. The Balaban J connectivity index is 1.55. The first-order valence-corrected chi connectivity index (χ1v) is 8.35. The summed E-state index contributed by atoms with van der Waals surface area (Å²) in [4.78, 5) is 14.2. The highest BCUT2D eigenvalue weighted by atomic mass is 35.5. The lowest BCUT2D eigenvalue weighted by molar-refractivity contribution is 0.0992. The van der Waals surface area contributed by atoms with Gasteiger partial charge in [-0.3, -0.25) is 9.89 Å². The number of amides is 1. The van der Waals surface area contributed by atoms with E-state index in [0.717, 1.165) is 5.69 Å². The lowest BCUT2D eigenvalue weighted by Gasteiger charge is -2.05. The van der Waals surface area contributed by atoms with Gasteiger partial charge in [-0.05, 0) is 50.5 Å². The van der Waals surface area contributed by atoms with Gasteiger partial charge < -0.3 is 19.4 Å². The van der Waals surface area contributed by atoms with E-state index in [0.29, 0.717) is 28.9 Å². The van der Waals surface area contributed by atoms with Crippen molar-refractivity contribution < 1.29 is 13.9 Å².